The van der Waals surface area contributed by atoms with Crippen molar-refractivity contribution in [2.24, 2.45) is 5.92 Å². The second-order valence-corrected chi connectivity index (χ2v) is 5.84. The Morgan fingerprint density at radius 2 is 2.05 bits per heavy atom. The van der Waals surface area contributed by atoms with E-state index < -0.39 is 6.10 Å². The molecule has 0 spiro atoms. The second-order valence-electron chi connectivity index (χ2n) is 5.84. The number of aromatic nitrogens is 1. The minimum absolute atomic E-state index is 0.0396. The zero-order chi connectivity index (χ0) is 16.1. The van der Waals surface area contributed by atoms with Gasteiger partial charge in [-0.25, -0.2) is 0 Å². The Hall–Kier alpha value is -2.14. The van der Waals surface area contributed by atoms with E-state index in [1.54, 1.807) is 6.07 Å². The molecule has 0 aliphatic rings. The lowest BCUT2D eigenvalue weighted by molar-refractivity contribution is -0.120. The van der Waals surface area contributed by atoms with Gasteiger partial charge in [0.15, 0.2) is 0 Å². The summed E-state index contributed by atoms with van der Waals surface area (Å²) in [6.07, 6.45) is 0.125. The van der Waals surface area contributed by atoms with Crippen LogP contribution in [-0.2, 0) is 11.2 Å². The van der Waals surface area contributed by atoms with Crippen LogP contribution in [0.2, 0.25) is 0 Å². The third-order valence-corrected chi connectivity index (χ3v) is 3.71. The van der Waals surface area contributed by atoms with Crippen LogP contribution in [0.1, 0.15) is 25.8 Å². The van der Waals surface area contributed by atoms with Gasteiger partial charge in [0.25, 0.3) is 5.56 Å². The standard InChI is InChI=1S/C17H22N2O3/c1-11(2)15(20)7-8-18-16(21)10-13-9-12-5-3-4-6-14(12)19-17(13)22/h3-6,9,11,15,20H,7-8,10H2,1-2H3,(H,18,21)(H,19,22). The highest BCUT2D eigenvalue weighted by Crippen LogP contribution is 2.10. The molecule has 1 atom stereocenters. The first kappa shape index (κ1) is 16.2. The van der Waals surface area contributed by atoms with Crippen molar-refractivity contribution in [1.82, 2.24) is 10.3 Å². The van der Waals surface area contributed by atoms with Gasteiger partial charge in [0.05, 0.1) is 12.5 Å². The first-order chi connectivity index (χ1) is 10.5. The third kappa shape index (κ3) is 4.18. The number of hydrogen-bond acceptors (Lipinski definition) is 3. The summed E-state index contributed by atoms with van der Waals surface area (Å²) in [5.74, 6) is -0.0445. The molecule has 0 fully saturated rings. The highest BCUT2D eigenvalue weighted by molar-refractivity contribution is 5.82. The number of hydrogen-bond donors (Lipinski definition) is 3. The Bertz CT molecular complexity index is 706. The molecule has 22 heavy (non-hydrogen) atoms. The minimum atomic E-state index is -0.427. The number of fused-ring (bicyclic) bond motifs is 1. The molecule has 1 unspecified atom stereocenters. The van der Waals surface area contributed by atoms with Crippen LogP contribution in [-0.4, -0.2) is 28.6 Å². The summed E-state index contributed by atoms with van der Waals surface area (Å²) in [5, 5.41) is 13.3. The molecule has 0 saturated carbocycles. The first-order valence-corrected chi connectivity index (χ1v) is 7.53. The van der Waals surface area contributed by atoms with Gasteiger partial charge < -0.3 is 15.4 Å². The molecular formula is C17H22N2O3. The summed E-state index contributed by atoms with van der Waals surface area (Å²) in [6.45, 7) is 4.27. The molecule has 0 saturated heterocycles. The molecule has 0 aliphatic heterocycles. The van der Waals surface area contributed by atoms with E-state index in [1.165, 1.54) is 0 Å². The topological polar surface area (TPSA) is 82.2 Å². The number of aromatic amines is 1. The van der Waals surface area contributed by atoms with Crippen LogP contribution in [0.25, 0.3) is 10.9 Å². The number of aliphatic hydroxyl groups excluding tert-OH is 1. The summed E-state index contributed by atoms with van der Waals surface area (Å²) >= 11 is 0. The van der Waals surface area contributed by atoms with E-state index in [0.29, 0.717) is 18.5 Å². The Balaban J connectivity index is 1.97. The van der Waals surface area contributed by atoms with Crippen LogP contribution in [0.3, 0.4) is 0 Å². The Morgan fingerprint density at radius 3 is 2.77 bits per heavy atom. The van der Waals surface area contributed by atoms with Gasteiger partial charge in [0.2, 0.25) is 5.91 Å². The number of para-hydroxylation sites is 1. The van der Waals surface area contributed by atoms with Crippen LogP contribution >= 0.6 is 0 Å². The quantitative estimate of drug-likeness (QED) is 0.758. The fourth-order valence-corrected chi connectivity index (χ4v) is 2.25. The fraction of sp³-hybridized carbons (Fsp3) is 0.412. The van der Waals surface area contributed by atoms with E-state index >= 15 is 0 Å². The van der Waals surface area contributed by atoms with Crippen molar-refractivity contribution in [3.8, 4) is 0 Å². The average molecular weight is 302 g/mol. The van der Waals surface area contributed by atoms with Crippen molar-refractivity contribution in [1.29, 1.82) is 0 Å². The molecule has 5 heteroatoms. The van der Waals surface area contributed by atoms with E-state index in [9.17, 15) is 14.7 Å². The number of H-pyrrole nitrogens is 1. The van der Waals surface area contributed by atoms with Crippen molar-refractivity contribution >= 4 is 16.8 Å². The molecule has 2 aromatic rings. The number of carbonyl (C=O) groups excluding carboxylic acids is 1. The molecule has 118 valence electrons. The van der Waals surface area contributed by atoms with Gasteiger partial charge in [0, 0.05) is 17.6 Å². The monoisotopic (exact) mass is 302 g/mol. The number of nitrogens with one attached hydrogen (secondary N) is 2. The normalized spacial score (nSPS) is 12.5. The molecule has 3 N–H and O–H groups in total. The average Bonchev–Trinajstić information content (AvgIpc) is 2.47. The Labute approximate surface area is 129 Å². The first-order valence-electron chi connectivity index (χ1n) is 7.53. The minimum Gasteiger partial charge on any atom is -0.393 e. The summed E-state index contributed by atoms with van der Waals surface area (Å²) in [4.78, 5) is 26.6. The van der Waals surface area contributed by atoms with Crippen molar-refractivity contribution in [3.05, 3.63) is 46.2 Å². The van der Waals surface area contributed by atoms with E-state index in [4.69, 9.17) is 0 Å². The Morgan fingerprint density at radius 1 is 1.32 bits per heavy atom. The molecule has 1 amide bonds. The SMILES string of the molecule is CC(C)C(O)CCNC(=O)Cc1cc2ccccc2[nH]c1=O. The van der Waals surface area contributed by atoms with Crippen molar-refractivity contribution in [2.45, 2.75) is 32.8 Å². The molecule has 1 aromatic carbocycles. The number of pyridine rings is 1. The van der Waals surface area contributed by atoms with Gasteiger partial charge in [-0.05, 0) is 29.9 Å². The largest absolute Gasteiger partial charge is 0.393 e. The predicted octanol–water partition coefficient (Wildman–Crippen LogP) is 1.59. The zero-order valence-corrected chi connectivity index (χ0v) is 12.9. The molecule has 0 radical (unpaired) electrons. The summed E-state index contributed by atoms with van der Waals surface area (Å²) < 4.78 is 0. The molecule has 5 nitrogen and oxygen atoms in total. The highest BCUT2D eigenvalue weighted by atomic mass is 16.3. The van der Waals surface area contributed by atoms with Gasteiger partial charge >= 0.3 is 0 Å². The summed E-state index contributed by atoms with van der Waals surface area (Å²) in [6, 6.07) is 9.21. The third-order valence-electron chi connectivity index (χ3n) is 3.71. The maximum atomic E-state index is 12.0. The molecule has 0 aliphatic carbocycles. The number of carbonyl (C=O) groups is 1. The second kappa shape index (κ2) is 7.22. The molecule has 2 rings (SSSR count). The number of aliphatic hydroxyl groups is 1. The highest BCUT2D eigenvalue weighted by Gasteiger charge is 2.11. The van der Waals surface area contributed by atoms with Crippen LogP contribution in [0.15, 0.2) is 35.1 Å². The van der Waals surface area contributed by atoms with E-state index in [0.717, 1.165) is 10.9 Å². The van der Waals surface area contributed by atoms with Crippen molar-refractivity contribution in [2.75, 3.05) is 6.54 Å². The maximum absolute atomic E-state index is 12.0. The van der Waals surface area contributed by atoms with E-state index in [1.807, 2.05) is 38.1 Å². The maximum Gasteiger partial charge on any atom is 0.252 e. The fourth-order valence-electron chi connectivity index (χ4n) is 2.25. The van der Waals surface area contributed by atoms with Crippen LogP contribution in [0, 0.1) is 5.92 Å². The molecular weight excluding hydrogens is 280 g/mol. The molecule has 0 bridgehead atoms. The molecule has 1 heterocycles. The predicted molar refractivity (Wildman–Crippen MR) is 86.7 cm³/mol. The van der Waals surface area contributed by atoms with Crippen LogP contribution < -0.4 is 10.9 Å². The van der Waals surface area contributed by atoms with Crippen molar-refractivity contribution in [3.63, 3.8) is 0 Å². The van der Waals surface area contributed by atoms with Gasteiger partial charge in [-0.2, -0.15) is 0 Å². The Kier molecular flexibility index (Phi) is 5.33. The lowest BCUT2D eigenvalue weighted by Crippen LogP contribution is -2.31. The van der Waals surface area contributed by atoms with Gasteiger partial charge in [0.1, 0.15) is 0 Å². The zero-order valence-electron chi connectivity index (χ0n) is 12.9. The van der Waals surface area contributed by atoms with Crippen LogP contribution in [0.5, 0.6) is 0 Å². The number of benzene rings is 1. The summed E-state index contributed by atoms with van der Waals surface area (Å²) in [5.41, 5.74) is 0.966. The lowest BCUT2D eigenvalue weighted by atomic mass is 10.0. The molecule has 1 aromatic heterocycles. The van der Waals surface area contributed by atoms with E-state index in [2.05, 4.69) is 10.3 Å². The van der Waals surface area contributed by atoms with Crippen LogP contribution in [0.4, 0.5) is 0 Å². The lowest BCUT2D eigenvalue weighted by Gasteiger charge is -2.14. The van der Waals surface area contributed by atoms with Crippen molar-refractivity contribution < 1.29 is 9.90 Å². The number of rotatable bonds is 6. The smallest absolute Gasteiger partial charge is 0.252 e. The van der Waals surface area contributed by atoms with Gasteiger partial charge in [-0.1, -0.05) is 32.0 Å². The number of amides is 1. The summed E-state index contributed by atoms with van der Waals surface area (Å²) in [7, 11) is 0. The van der Waals surface area contributed by atoms with Gasteiger partial charge in [-0.15, -0.1) is 0 Å². The van der Waals surface area contributed by atoms with Gasteiger partial charge in [-0.3, -0.25) is 9.59 Å². The van der Waals surface area contributed by atoms with E-state index in [-0.39, 0.29) is 23.8 Å².